The third-order valence-electron chi connectivity index (χ3n) is 6.64. The van der Waals surface area contributed by atoms with Crippen LogP contribution < -0.4 is 0 Å². The molecular formula is C32H60O14Si8. The van der Waals surface area contributed by atoms with Crippen LogP contribution in [0.1, 0.15) is 83.1 Å². The van der Waals surface area contributed by atoms with Gasteiger partial charge in [0.15, 0.2) is 0 Å². The highest BCUT2D eigenvalue weighted by Gasteiger charge is 2.76. The molecule has 4 atom stereocenters. The highest BCUT2D eigenvalue weighted by atomic mass is 28.6. The molecule has 3 fully saturated rings. The third-order valence-corrected chi connectivity index (χ3v) is 37.0. The topological polar surface area (TPSA) is 129 Å². The molecule has 3 saturated heterocycles. The van der Waals surface area contributed by atoms with E-state index in [-0.39, 0.29) is 0 Å². The lowest BCUT2D eigenvalue weighted by Gasteiger charge is -2.55. The van der Waals surface area contributed by atoms with Gasteiger partial charge in [0.05, 0.1) is 22.4 Å². The molecule has 0 aliphatic carbocycles. The van der Waals surface area contributed by atoms with Gasteiger partial charge < -0.3 is 58.9 Å². The van der Waals surface area contributed by atoms with Crippen molar-refractivity contribution in [3.8, 4) is 0 Å². The van der Waals surface area contributed by atoms with Crippen LogP contribution in [0, 0.1) is 0 Å². The highest BCUT2D eigenvalue weighted by molar-refractivity contribution is 7.02. The minimum atomic E-state index is -4.54. The Morgan fingerprint density at radius 1 is 0.278 bits per heavy atom. The smallest absolute Gasteiger partial charge is 0.367 e. The Balaban J connectivity index is 2.56. The average molecular weight is 894 g/mol. The monoisotopic (exact) mass is 892 g/mol. The van der Waals surface area contributed by atoms with E-state index in [2.05, 4.69) is 52.6 Å². The summed E-state index contributed by atoms with van der Waals surface area (Å²) in [5.74, 6) is 0. The van der Waals surface area contributed by atoms with Crippen LogP contribution in [0.5, 0.6) is 0 Å². The zero-order valence-corrected chi connectivity index (χ0v) is 42.0. The fourth-order valence-corrected chi connectivity index (χ4v) is 41.5. The third kappa shape index (κ3) is 11.2. The van der Waals surface area contributed by atoms with Crippen molar-refractivity contribution in [3.63, 3.8) is 0 Å². The van der Waals surface area contributed by atoms with Gasteiger partial charge in [-0.05, 0) is 129 Å². The van der Waals surface area contributed by atoms with Crippen LogP contribution in [0.15, 0.2) is 98.2 Å². The number of hydrogen-bond acceptors (Lipinski definition) is 14. The van der Waals surface area contributed by atoms with Gasteiger partial charge in [-0.3, -0.25) is 0 Å². The van der Waals surface area contributed by atoms with Crippen LogP contribution >= 0.6 is 0 Å². The fraction of sp³-hybridized carbons (Fsp3) is 0.500. The van der Waals surface area contributed by atoms with Crippen molar-refractivity contribution in [3.05, 3.63) is 98.2 Å². The first-order chi connectivity index (χ1) is 24.4. The average Bonchev–Trinajstić information content (AvgIpc) is 2.99. The molecule has 14 nitrogen and oxygen atoms in total. The van der Waals surface area contributed by atoms with Crippen molar-refractivity contribution in [1.29, 1.82) is 0 Å². The molecule has 3 aliphatic rings. The van der Waals surface area contributed by atoms with Gasteiger partial charge in [0.25, 0.3) is 0 Å². The van der Waals surface area contributed by atoms with Crippen molar-refractivity contribution >= 4 is 70.4 Å². The first kappa shape index (κ1) is 47.5. The van der Waals surface area contributed by atoms with Gasteiger partial charge in [0, 0.05) is 0 Å². The molecule has 0 aromatic carbocycles. The summed E-state index contributed by atoms with van der Waals surface area (Å²) >= 11 is 0. The normalized spacial score (nSPS) is 39.5. The molecule has 0 saturated carbocycles. The lowest BCUT2D eigenvalue weighted by atomic mass is 10.2. The van der Waals surface area contributed by atoms with E-state index in [0.29, 0.717) is 0 Å². The van der Waals surface area contributed by atoms with Gasteiger partial charge in [-0.2, -0.15) is 0 Å². The summed E-state index contributed by atoms with van der Waals surface area (Å²) < 4.78 is 96.3. The second-order valence-electron chi connectivity index (χ2n) is 16.3. The van der Waals surface area contributed by atoms with E-state index in [1.165, 1.54) is 45.6 Å². The second kappa shape index (κ2) is 15.7. The Labute approximate surface area is 331 Å². The molecule has 4 unspecified atom stereocenters. The van der Waals surface area contributed by atoms with E-state index >= 15 is 0 Å². The van der Waals surface area contributed by atoms with Crippen molar-refractivity contribution in [2.75, 3.05) is 0 Å². The van der Waals surface area contributed by atoms with Gasteiger partial charge in [-0.1, -0.05) is 26.3 Å². The van der Waals surface area contributed by atoms with Crippen LogP contribution in [0.2, 0.25) is 0 Å². The molecular weight excluding hydrogens is 833 g/mol. The molecule has 3 heterocycles. The Kier molecular flexibility index (Phi) is 13.8. The molecule has 0 spiro atoms. The molecule has 0 aromatic rings. The summed E-state index contributed by atoms with van der Waals surface area (Å²) in [6, 6.07) is 0. The first-order valence-electron chi connectivity index (χ1n) is 17.3. The molecule has 0 N–H and O–H groups in total. The summed E-state index contributed by atoms with van der Waals surface area (Å²) in [6.45, 7) is 54.7. The summed E-state index contributed by atoms with van der Waals surface area (Å²) in [4.78, 5) is 0. The van der Waals surface area contributed by atoms with E-state index in [4.69, 9.17) is 58.9 Å². The van der Waals surface area contributed by atoms with E-state index in [1.807, 2.05) is 83.1 Å². The van der Waals surface area contributed by atoms with Gasteiger partial charge in [-0.25, -0.2) is 0 Å². The minimum absolute atomic E-state index is 0.866. The first-order valence-corrected chi connectivity index (χ1v) is 31.7. The Bertz CT molecular complexity index is 1300. The summed E-state index contributed by atoms with van der Waals surface area (Å²) in [7, 11) is -35.2. The standard InChI is InChI=1S/C32H60O14Si8/c1-21-47(33-29(9,10)11)37-48(22-2,34-30(12,13)14)40-52(26-6)43-51(25-5,39-47)45-53(27-7)41-49(23-3,35-31(15,16)17)38-50(24-4,36-32(18,19)20)42-54(28-8,44-53)46-52/h21-28H,1-8H2,9-20H3. The summed E-state index contributed by atoms with van der Waals surface area (Å²) in [5, 5.41) is 0. The molecule has 0 aromatic heterocycles. The molecule has 304 valence electrons. The summed E-state index contributed by atoms with van der Waals surface area (Å²) in [5.41, 5.74) is 7.71. The maximum absolute atomic E-state index is 7.02. The number of hydrogen-bond donors (Lipinski definition) is 0. The second-order valence-corrected chi connectivity index (χ2v) is 38.2. The molecule has 22 heteroatoms. The van der Waals surface area contributed by atoms with Crippen molar-refractivity contribution in [2.24, 2.45) is 0 Å². The van der Waals surface area contributed by atoms with E-state index in [9.17, 15) is 0 Å². The SMILES string of the molecule is C=C[Si]1(OC(C)(C)C)O[Si](C=C)(OC(C)(C)C)O[Si]2(C=C)O[Si](C=C)(O1)O[Si]1(C=C)O[Si](C=C)(OC(C)(C)C)O[Si](C=C)(OC(C)(C)C)O[Si](C=C)(O1)O2. The maximum Gasteiger partial charge on any atom is 0.515 e. The Morgan fingerprint density at radius 3 is 0.556 bits per heavy atom. The molecule has 3 aliphatic heterocycles. The van der Waals surface area contributed by atoms with Crippen LogP contribution in [-0.4, -0.2) is 92.8 Å². The predicted octanol–water partition coefficient (Wildman–Crippen LogP) is 6.77. The quantitative estimate of drug-likeness (QED) is 0.191. The van der Waals surface area contributed by atoms with E-state index in [0.717, 1.165) is 0 Å². The van der Waals surface area contributed by atoms with Crippen LogP contribution in [0.3, 0.4) is 0 Å². The zero-order chi connectivity index (χ0) is 41.6. The van der Waals surface area contributed by atoms with Gasteiger partial charge >= 0.3 is 70.4 Å². The highest BCUT2D eigenvalue weighted by Crippen LogP contribution is 2.46. The Hall–Kier alpha value is -0.905. The minimum Gasteiger partial charge on any atom is -0.367 e. The van der Waals surface area contributed by atoms with Crippen molar-refractivity contribution < 1.29 is 58.9 Å². The lowest BCUT2D eigenvalue weighted by Crippen LogP contribution is -2.81. The van der Waals surface area contributed by atoms with Crippen LogP contribution in [0.25, 0.3) is 0 Å². The van der Waals surface area contributed by atoms with Crippen molar-refractivity contribution in [1.82, 2.24) is 0 Å². The van der Waals surface area contributed by atoms with Gasteiger partial charge in [0.2, 0.25) is 0 Å². The van der Waals surface area contributed by atoms with Gasteiger partial charge in [0.1, 0.15) is 0 Å². The molecule has 54 heavy (non-hydrogen) atoms. The molecule has 0 radical (unpaired) electrons. The zero-order valence-electron chi connectivity index (χ0n) is 34.0. The lowest BCUT2D eigenvalue weighted by molar-refractivity contribution is -0.0279. The maximum atomic E-state index is 7.02. The largest absolute Gasteiger partial charge is 0.515 e. The predicted molar refractivity (Wildman–Crippen MR) is 222 cm³/mol. The fourth-order valence-electron chi connectivity index (χ4n) is 5.19. The molecule has 4 bridgehead atoms. The van der Waals surface area contributed by atoms with Crippen LogP contribution in [0.4, 0.5) is 0 Å². The van der Waals surface area contributed by atoms with Gasteiger partial charge in [-0.15, -0.1) is 26.3 Å². The number of rotatable bonds is 12. The summed E-state index contributed by atoms with van der Waals surface area (Å²) in [6.07, 6.45) is 0. The molecule has 3 rings (SSSR count). The molecule has 0 amide bonds. The van der Waals surface area contributed by atoms with Crippen molar-refractivity contribution in [2.45, 2.75) is 105 Å². The van der Waals surface area contributed by atoms with E-state index < -0.39 is 92.8 Å². The Morgan fingerprint density at radius 2 is 0.444 bits per heavy atom. The number of fused-ring (bicyclic) bond motifs is 4. The van der Waals surface area contributed by atoms with E-state index in [1.54, 1.807) is 0 Å². The van der Waals surface area contributed by atoms with Crippen LogP contribution in [-0.2, 0) is 58.9 Å².